The smallest absolute Gasteiger partial charge is 0.414 e. The number of benzene rings is 2. The molecule has 0 aliphatic heterocycles. The van der Waals surface area contributed by atoms with Gasteiger partial charge < -0.3 is 34.9 Å². The predicted octanol–water partition coefficient (Wildman–Crippen LogP) is 2.00. The third-order valence-electron chi connectivity index (χ3n) is 5.34. The Kier molecular flexibility index (Phi) is 9.46. The molecule has 0 unspecified atom stereocenters. The fourth-order valence-corrected chi connectivity index (χ4v) is 3.37. The number of aromatic amines is 1. The van der Waals surface area contributed by atoms with Gasteiger partial charge in [-0.25, -0.2) is 14.4 Å². The first-order chi connectivity index (χ1) is 18.2. The van der Waals surface area contributed by atoms with Crippen LogP contribution in [0.1, 0.15) is 11.1 Å². The topological polar surface area (TPSA) is 168 Å². The number of anilines is 2. The highest BCUT2D eigenvalue weighted by Crippen LogP contribution is 2.27. The Labute approximate surface area is 218 Å². The van der Waals surface area contributed by atoms with Gasteiger partial charge in [-0.3, -0.25) is 4.98 Å². The molecule has 13 heteroatoms. The largest absolute Gasteiger partial charge is 0.493 e. The van der Waals surface area contributed by atoms with E-state index in [1.165, 1.54) is 4.90 Å². The highest BCUT2D eigenvalue weighted by atomic mass is 16.6. The van der Waals surface area contributed by atoms with Gasteiger partial charge in [0.25, 0.3) is 0 Å². The Morgan fingerprint density at radius 1 is 1.03 bits per heavy atom. The molecule has 0 fully saturated rings. The lowest BCUT2D eigenvalue weighted by molar-refractivity contribution is -0.137. The van der Waals surface area contributed by atoms with E-state index in [-0.39, 0.29) is 18.3 Å². The molecule has 0 spiro atoms. The number of carbonyl (C=O) groups is 2. The number of hydrogen-bond donors (Lipinski definition) is 4. The van der Waals surface area contributed by atoms with Crippen LogP contribution in [0.4, 0.5) is 16.7 Å². The second-order valence-electron chi connectivity index (χ2n) is 8.34. The molecule has 13 nitrogen and oxygen atoms in total. The summed E-state index contributed by atoms with van der Waals surface area (Å²) in [6.07, 6.45) is 0.129. The van der Waals surface area contributed by atoms with Gasteiger partial charge in [-0.15, -0.1) is 0 Å². The molecular weight excluding hydrogens is 496 g/mol. The molecule has 1 atom stereocenters. The fourth-order valence-electron chi connectivity index (χ4n) is 3.37. The second-order valence-corrected chi connectivity index (χ2v) is 8.34. The van der Waals surface area contributed by atoms with E-state index >= 15 is 0 Å². The molecule has 4 N–H and O–H groups in total. The van der Waals surface area contributed by atoms with Crippen molar-refractivity contribution in [1.29, 1.82) is 0 Å². The monoisotopic (exact) mass is 526 g/mol. The Morgan fingerprint density at radius 3 is 2.34 bits per heavy atom. The van der Waals surface area contributed by atoms with Gasteiger partial charge in [0.1, 0.15) is 11.8 Å². The van der Waals surface area contributed by atoms with E-state index in [1.807, 2.05) is 12.1 Å². The average Bonchev–Trinajstić information content (AvgIpc) is 2.88. The Balaban J connectivity index is 1.63. The average molecular weight is 527 g/mol. The molecule has 38 heavy (non-hydrogen) atoms. The lowest BCUT2D eigenvalue weighted by atomic mass is 10.1. The quantitative estimate of drug-likeness (QED) is 0.272. The lowest BCUT2D eigenvalue weighted by Gasteiger charge is -2.15. The van der Waals surface area contributed by atoms with E-state index in [1.54, 1.807) is 58.6 Å². The normalized spacial score (nSPS) is 11.3. The molecule has 1 heterocycles. The highest BCUT2D eigenvalue weighted by Gasteiger charge is 2.20. The Bertz CT molecular complexity index is 1310. The zero-order valence-corrected chi connectivity index (χ0v) is 21.5. The number of aliphatic carboxylic acids is 1. The fraction of sp³-hybridized carbons (Fsp3) is 0.320. The van der Waals surface area contributed by atoms with Gasteiger partial charge >= 0.3 is 17.8 Å². The van der Waals surface area contributed by atoms with Gasteiger partial charge in [-0.05, 0) is 41.8 Å². The summed E-state index contributed by atoms with van der Waals surface area (Å²) in [5, 5.41) is 15.4. The van der Waals surface area contributed by atoms with E-state index in [9.17, 15) is 19.5 Å². The van der Waals surface area contributed by atoms with Gasteiger partial charge in [0.05, 0.1) is 14.2 Å². The van der Waals surface area contributed by atoms with Crippen LogP contribution < -0.4 is 30.5 Å². The number of methoxy groups -OCH3 is 2. The Hall–Kier alpha value is -4.81. The van der Waals surface area contributed by atoms with Crippen LogP contribution in [0.2, 0.25) is 0 Å². The molecule has 0 bridgehead atoms. The summed E-state index contributed by atoms with van der Waals surface area (Å²) in [5.41, 5.74) is 0.943. The van der Waals surface area contributed by atoms with Gasteiger partial charge in [0, 0.05) is 27.1 Å². The van der Waals surface area contributed by atoms with Crippen molar-refractivity contribution in [3.8, 4) is 17.2 Å². The molecule has 0 aliphatic carbocycles. The minimum absolute atomic E-state index is 0.0649. The van der Waals surface area contributed by atoms with E-state index in [2.05, 4.69) is 25.6 Å². The number of carbonyl (C=O) groups excluding carboxylic acids is 1. The number of ether oxygens (including phenoxy) is 3. The minimum Gasteiger partial charge on any atom is -0.493 e. The SMILES string of the molecule is COc1ccc(CCNc2nc(N[C@@H](Cc3ccc(OC(=O)N(C)C)cc3)C(=O)O)nc(=O)[nH]2)cc1OC. The number of aromatic nitrogens is 3. The van der Waals surface area contributed by atoms with Crippen LogP contribution in [-0.2, 0) is 17.6 Å². The first-order valence-corrected chi connectivity index (χ1v) is 11.6. The number of hydrogen-bond acceptors (Lipinski definition) is 10. The van der Waals surface area contributed by atoms with Crippen molar-refractivity contribution in [2.45, 2.75) is 18.9 Å². The standard InChI is InChI=1S/C25H30N6O7/c1-31(2)25(35)38-17-8-5-15(6-9-17)13-18(21(32)33)27-23-28-22(29-24(34)30-23)26-12-11-16-7-10-19(36-3)20(14-16)37-4/h5-10,14,18H,11-13H2,1-4H3,(H,32,33)(H3,26,27,28,29,30,34)/t18-/m0/s1. The first-order valence-electron chi connectivity index (χ1n) is 11.6. The minimum atomic E-state index is -1.15. The third-order valence-corrected chi connectivity index (χ3v) is 5.34. The summed E-state index contributed by atoms with van der Waals surface area (Å²) in [7, 11) is 6.25. The predicted molar refractivity (Wildman–Crippen MR) is 139 cm³/mol. The summed E-state index contributed by atoms with van der Waals surface area (Å²) < 4.78 is 15.7. The molecule has 3 aromatic rings. The van der Waals surface area contributed by atoms with E-state index in [0.29, 0.717) is 35.8 Å². The van der Waals surface area contributed by atoms with E-state index in [4.69, 9.17) is 14.2 Å². The summed E-state index contributed by atoms with van der Waals surface area (Å²) >= 11 is 0. The number of amides is 1. The van der Waals surface area contributed by atoms with Gasteiger partial charge in [-0.2, -0.15) is 9.97 Å². The van der Waals surface area contributed by atoms with Crippen molar-refractivity contribution in [3.05, 3.63) is 64.1 Å². The van der Waals surface area contributed by atoms with Crippen LogP contribution in [0.25, 0.3) is 0 Å². The number of nitrogens with one attached hydrogen (secondary N) is 3. The van der Waals surface area contributed by atoms with Crippen molar-refractivity contribution in [2.24, 2.45) is 0 Å². The summed E-state index contributed by atoms with van der Waals surface area (Å²) in [6, 6.07) is 10.9. The zero-order chi connectivity index (χ0) is 27.7. The number of carboxylic acid groups (broad SMARTS) is 1. The maximum absolute atomic E-state index is 12.1. The summed E-state index contributed by atoms with van der Waals surface area (Å²) in [4.78, 5) is 47.3. The van der Waals surface area contributed by atoms with Crippen molar-refractivity contribution in [2.75, 3.05) is 45.5 Å². The maximum Gasteiger partial charge on any atom is 0.414 e. The van der Waals surface area contributed by atoms with Crippen LogP contribution >= 0.6 is 0 Å². The molecule has 0 aliphatic rings. The van der Waals surface area contributed by atoms with Crippen LogP contribution in [0.5, 0.6) is 17.2 Å². The maximum atomic E-state index is 12.1. The summed E-state index contributed by atoms with van der Waals surface area (Å²) in [5.74, 6) is 0.414. The van der Waals surface area contributed by atoms with Crippen LogP contribution in [0.3, 0.4) is 0 Å². The van der Waals surface area contributed by atoms with Crippen molar-refractivity contribution in [1.82, 2.24) is 19.9 Å². The van der Waals surface area contributed by atoms with Gasteiger partial charge in [-0.1, -0.05) is 18.2 Å². The zero-order valence-electron chi connectivity index (χ0n) is 21.5. The number of carboxylic acids is 1. The van der Waals surface area contributed by atoms with Gasteiger partial charge in [0.15, 0.2) is 11.5 Å². The second kappa shape index (κ2) is 12.9. The van der Waals surface area contributed by atoms with Crippen molar-refractivity contribution < 1.29 is 28.9 Å². The number of nitrogens with zero attached hydrogens (tertiary/aromatic N) is 3. The Morgan fingerprint density at radius 2 is 1.71 bits per heavy atom. The lowest BCUT2D eigenvalue weighted by Crippen LogP contribution is -2.33. The molecule has 0 saturated heterocycles. The number of rotatable bonds is 12. The van der Waals surface area contributed by atoms with E-state index in [0.717, 1.165) is 5.56 Å². The molecule has 202 valence electrons. The molecule has 0 radical (unpaired) electrons. The van der Waals surface area contributed by atoms with E-state index < -0.39 is 23.8 Å². The summed E-state index contributed by atoms with van der Waals surface area (Å²) in [6.45, 7) is 0.426. The number of H-pyrrole nitrogens is 1. The van der Waals surface area contributed by atoms with Crippen LogP contribution in [0, 0.1) is 0 Å². The third kappa shape index (κ3) is 7.85. The molecule has 1 amide bonds. The van der Waals surface area contributed by atoms with Crippen LogP contribution in [0.15, 0.2) is 47.3 Å². The first kappa shape index (κ1) is 27.8. The van der Waals surface area contributed by atoms with Crippen LogP contribution in [-0.4, -0.2) is 77.9 Å². The van der Waals surface area contributed by atoms with Crippen molar-refractivity contribution >= 4 is 24.0 Å². The molecule has 1 aromatic heterocycles. The molecule has 2 aromatic carbocycles. The highest BCUT2D eigenvalue weighted by molar-refractivity contribution is 5.77. The molecule has 3 rings (SSSR count). The van der Waals surface area contributed by atoms with Crippen molar-refractivity contribution in [3.63, 3.8) is 0 Å². The van der Waals surface area contributed by atoms with Gasteiger partial charge in [0.2, 0.25) is 11.9 Å². The molecule has 0 saturated carbocycles. The molecular formula is C25H30N6O7.